The predicted octanol–water partition coefficient (Wildman–Crippen LogP) is 3.86. The summed E-state index contributed by atoms with van der Waals surface area (Å²) in [5.41, 5.74) is 5.76. The summed E-state index contributed by atoms with van der Waals surface area (Å²) in [6.45, 7) is 13.0. The van der Waals surface area contributed by atoms with Gasteiger partial charge in [-0.25, -0.2) is 0 Å². The number of nitrogens with one attached hydrogen (secondary N) is 6. The van der Waals surface area contributed by atoms with Crippen LogP contribution in [0.5, 0.6) is 11.5 Å². The third kappa shape index (κ3) is 8.25. The monoisotopic (exact) mass is 592 g/mol. The largest absolute Gasteiger partial charge is 0.487 e. The first kappa shape index (κ1) is 32.7. The molecule has 0 radical (unpaired) electrons. The summed E-state index contributed by atoms with van der Waals surface area (Å²) in [6.07, 6.45) is 1.69. The number of ether oxygens (including phenoxy) is 2. The number of aliphatic imine (C=N–C) groups is 2. The number of anilines is 4. The maximum atomic E-state index is 11.3. The van der Waals surface area contributed by atoms with E-state index in [-0.39, 0.29) is 24.9 Å². The molecule has 13 heteroatoms. The van der Waals surface area contributed by atoms with Gasteiger partial charge in [0.1, 0.15) is 6.61 Å². The second kappa shape index (κ2) is 16.6. The predicted molar refractivity (Wildman–Crippen MR) is 172 cm³/mol. The van der Waals surface area contributed by atoms with E-state index in [9.17, 15) is 4.79 Å². The number of hydrogen-bond acceptors (Lipinski definition) is 11. The van der Waals surface area contributed by atoms with Gasteiger partial charge in [-0.05, 0) is 43.4 Å². The lowest BCUT2D eigenvalue weighted by Gasteiger charge is -2.24. The average Bonchev–Trinajstić information content (AvgIpc) is 3.70. The van der Waals surface area contributed by atoms with E-state index in [1.165, 1.54) is 5.56 Å². The fraction of sp³-hybridized carbons (Fsp3) is 0.444. The van der Waals surface area contributed by atoms with E-state index in [1.54, 1.807) is 6.26 Å². The number of carbonyl (C=O) groups is 1. The van der Waals surface area contributed by atoms with Gasteiger partial charge in [0.05, 0.1) is 35.8 Å². The number of carbonyl (C=O) groups excluding carboxylic acids is 1. The molecule has 0 aromatic heterocycles. The Morgan fingerprint density at radius 3 is 1.82 bits per heavy atom. The lowest BCUT2D eigenvalue weighted by molar-refractivity contribution is -0.118. The Labute approximate surface area is 248 Å². The molecule has 40 heavy (non-hydrogen) atoms. The first-order valence-electron chi connectivity index (χ1n) is 13.2. The Morgan fingerprint density at radius 1 is 0.775 bits per heavy atom. The Bertz CT molecular complexity index is 1210. The van der Waals surface area contributed by atoms with Crippen molar-refractivity contribution in [2.24, 2.45) is 9.98 Å². The minimum Gasteiger partial charge on any atom is -0.487 e. The fourth-order valence-electron chi connectivity index (χ4n) is 4.09. The molecule has 0 saturated heterocycles. The molecule has 2 aromatic carbocycles. The normalized spacial score (nSPS) is 15.4. The van der Waals surface area contributed by atoms with E-state index in [1.807, 2.05) is 39.0 Å². The molecule has 4 heterocycles. The first-order valence-corrected chi connectivity index (χ1v) is 14.1. The Kier molecular flexibility index (Phi) is 13.5. The van der Waals surface area contributed by atoms with Crippen molar-refractivity contribution in [1.82, 2.24) is 10.6 Å². The molecule has 0 fully saturated rings. The summed E-state index contributed by atoms with van der Waals surface area (Å²) in [6, 6.07) is 7.97. The van der Waals surface area contributed by atoms with Crippen LogP contribution in [0.3, 0.4) is 0 Å². The first-order chi connectivity index (χ1) is 19.1. The van der Waals surface area contributed by atoms with Crippen molar-refractivity contribution in [3.63, 3.8) is 0 Å². The number of guanidine groups is 2. The van der Waals surface area contributed by atoms with Gasteiger partial charge in [-0.3, -0.25) is 14.8 Å². The van der Waals surface area contributed by atoms with Gasteiger partial charge in [-0.2, -0.15) is 12.6 Å². The molecule has 4 aliphatic heterocycles. The summed E-state index contributed by atoms with van der Waals surface area (Å²) in [7, 11) is 0. The number of rotatable bonds is 2. The molecule has 0 unspecified atom stereocenters. The minimum absolute atomic E-state index is 0. The molecule has 2 aromatic rings. The molecule has 6 rings (SSSR count). The Hall–Kier alpha value is -3.51. The quantitative estimate of drug-likeness (QED) is 0.262. The molecule has 1 amide bonds. The van der Waals surface area contributed by atoms with Gasteiger partial charge in [-0.1, -0.05) is 26.0 Å². The number of thiol groups is 1. The summed E-state index contributed by atoms with van der Waals surface area (Å²) in [5, 5.41) is 19.0. The molecule has 0 atom stereocenters. The number of halogens is 1. The molecule has 220 valence electrons. The summed E-state index contributed by atoms with van der Waals surface area (Å²) < 4.78 is 11.2. The second-order valence-corrected chi connectivity index (χ2v) is 8.44. The van der Waals surface area contributed by atoms with Crippen molar-refractivity contribution in [3.8, 4) is 11.5 Å². The Morgan fingerprint density at radius 2 is 1.30 bits per heavy atom. The van der Waals surface area contributed by atoms with Crippen LogP contribution in [0.4, 0.5) is 22.7 Å². The smallest absolute Gasteiger partial charge is 0.262 e. The fourth-order valence-corrected chi connectivity index (χ4v) is 4.09. The number of amides is 1. The van der Waals surface area contributed by atoms with Gasteiger partial charge in [0, 0.05) is 19.6 Å². The third-order valence-electron chi connectivity index (χ3n) is 5.85. The number of aryl methyl sites for hydroxylation is 2. The molecule has 4 aliphatic rings. The van der Waals surface area contributed by atoms with E-state index in [4.69, 9.17) is 9.47 Å². The molecule has 6 N–H and O–H groups in total. The van der Waals surface area contributed by atoms with Gasteiger partial charge in [0.2, 0.25) is 0 Å². The van der Waals surface area contributed by atoms with Crippen molar-refractivity contribution >= 4 is 65.6 Å². The van der Waals surface area contributed by atoms with E-state index < -0.39 is 0 Å². The van der Waals surface area contributed by atoms with E-state index >= 15 is 0 Å². The zero-order valence-corrected chi connectivity index (χ0v) is 25.4. The van der Waals surface area contributed by atoms with E-state index in [0.717, 1.165) is 78.7 Å². The SMILES string of the molecule is CC.CS.Cc1ccc(NC2=NCCN2)c2c1NC(=O)CO2.Cc1ccc(NC2=NCCN2)c2c1NCCO2.Cl. The number of hydrogen-bond donors (Lipinski definition) is 7. The third-order valence-corrected chi connectivity index (χ3v) is 5.85. The van der Waals surface area contributed by atoms with Crippen molar-refractivity contribution in [1.29, 1.82) is 0 Å². The summed E-state index contributed by atoms with van der Waals surface area (Å²) in [5.74, 6) is 3.00. The van der Waals surface area contributed by atoms with Crippen LogP contribution >= 0.6 is 25.0 Å². The van der Waals surface area contributed by atoms with Gasteiger partial charge in [0.25, 0.3) is 5.91 Å². The van der Waals surface area contributed by atoms with Crippen molar-refractivity contribution in [2.45, 2.75) is 27.7 Å². The zero-order valence-electron chi connectivity index (χ0n) is 23.7. The highest BCUT2D eigenvalue weighted by Crippen LogP contribution is 2.39. The highest BCUT2D eigenvalue weighted by Gasteiger charge is 2.22. The van der Waals surface area contributed by atoms with Crippen LogP contribution in [0.1, 0.15) is 25.0 Å². The van der Waals surface area contributed by atoms with Gasteiger partial charge in [0.15, 0.2) is 30.0 Å². The van der Waals surface area contributed by atoms with Gasteiger partial charge < -0.3 is 41.4 Å². The molecule has 0 aliphatic carbocycles. The van der Waals surface area contributed by atoms with Crippen LogP contribution in [-0.4, -0.2) is 70.0 Å². The van der Waals surface area contributed by atoms with Crippen LogP contribution in [-0.2, 0) is 4.79 Å². The lowest BCUT2D eigenvalue weighted by atomic mass is 10.1. The average molecular weight is 593 g/mol. The van der Waals surface area contributed by atoms with Crippen LogP contribution in [0.25, 0.3) is 0 Å². The Balaban J connectivity index is 0.000000244. The van der Waals surface area contributed by atoms with E-state index in [0.29, 0.717) is 12.4 Å². The highest BCUT2D eigenvalue weighted by molar-refractivity contribution is 7.79. The molecule has 0 spiro atoms. The van der Waals surface area contributed by atoms with Crippen LogP contribution in [0.2, 0.25) is 0 Å². The minimum atomic E-state index is -0.126. The highest BCUT2D eigenvalue weighted by atomic mass is 35.5. The molecule has 0 saturated carbocycles. The standard InChI is InChI=1S/C12H14N4O2.C12H16N4O.C2H6.CH4S.ClH/c1-7-2-3-8(15-12-13-4-5-14-12)11-10(7)16-9(17)6-18-11;1-8-2-3-9(16-12-14-4-5-15-12)11-10(8)13-6-7-17-11;2*1-2;/h2-3H,4-6H2,1H3,(H,16,17)(H2,13,14,15);2-3,13H,4-7H2,1H3,(H2,14,15,16);1-2H3;2H,1H3;1H. The van der Waals surface area contributed by atoms with Crippen molar-refractivity contribution < 1.29 is 14.3 Å². The molecule has 0 bridgehead atoms. The summed E-state index contributed by atoms with van der Waals surface area (Å²) >= 11 is 3.53. The maximum absolute atomic E-state index is 11.3. The number of nitrogens with zero attached hydrogens (tertiary/aromatic N) is 2. The van der Waals surface area contributed by atoms with Crippen molar-refractivity contribution in [3.05, 3.63) is 35.4 Å². The van der Waals surface area contributed by atoms with Crippen LogP contribution in [0.15, 0.2) is 34.3 Å². The molecular weight excluding hydrogens is 552 g/mol. The number of benzene rings is 2. The molecule has 11 nitrogen and oxygen atoms in total. The number of fused-ring (bicyclic) bond motifs is 2. The van der Waals surface area contributed by atoms with Crippen LogP contribution < -0.4 is 41.4 Å². The maximum Gasteiger partial charge on any atom is 0.262 e. The van der Waals surface area contributed by atoms with Crippen LogP contribution in [0, 0.1) is 13.8 Å². The van der Waals surface area contributed by atoms with Crippen molar-refractivity contribution in [2.75, 3.05) is 73.5 Å². The summed E-state index contributed by atoms with van der Waals surface area (Å²) in [4.78, 5) is 19.9. The lowest BCUT2D eigenvalue weighted by Crippen LogP contribution is -2.29. The topological polar surface area (TPSA) is 132 Å². The zero-order chi connectivity index (χ0) is 28.2. The van der Waals surface area contributed by atoms with E-state index in [2.05, 4.69) is 67.5 Å². The van der Waals surface area contributed by atoms with Gasteiger partial charge >= 0.3 is 0 Å². The van der Waals surface area contributed by atoms with Gasteiger partial charge in [-0.15, -0.1) is 12.4 Å². The second-order valence-electron chi connectivity index (χ2n) is 8.44. The molecular formula is C27H41ClN8O3S.